The molecule has 0 atom stereocenters. The molecular formula is C20H26N2O5S. The number of amides is 1. The molecule has 28 heavy (non-hydrogen) atoms. The van der Waals surface area contributed by atoms with Crippen LogP contribution in [0.15, 0.2) is 53.4 Å². The summed E-state index contributed by atoms with van der Waals surface area (Å²) in [5.41, 5.74) is 0.389. The zero-order valence-corrected chi connectivity index (χ0v) is 17.2. The molecule has 2 aromatic rings. The third kappa shape index (κ3) is 5.46. The lowest BCUT2D eigenvalue weighted by molar-refractivity contribution is -0.118. The molecule has 8 heteroatoms. The van der Waals surface area contributed by atoms with Crippen LogP contribution in [0.4, 0.5) is 5.69 Å². The first-order chi connectivity index (χ1) is 13.4. The first-order valence-corrected chi connectivity index (χ1v) is 10.6. The number of nitrogens with one attached hydrogen (secondary N) is 1. The molecule has 0 spiro atoms. The number of nitrogens with zero attached hydrogens (tertiary/aromatic N) is 1. The van der Waals surface area contributed by atoms with Crippen molar-refractivity contribution >= 4 is 21.6 Å². The van der Waals surface area contributed by atoms with E-state index in [2.05, 4.69) is 5.32 Å². The van der Waals surface area contributed by atoms with Crippen LogP contribution in [0.2, 0.25) is 0 Å². The molecule has 1 amide bonds. The molecule has 2 rings (SSSR count). The van der Waals surface area contributed by atoms with Gasteiger partial charge in [-0.25, -0.2) is 8.42 Å². The first-order valence-electron chi connectivity index (χ1n) is 9.17. The molecule has 0 radical (unpaired) electrons. The van der Waals surface area contributed by atoms with Gasteiger partial charge in [0.05, 0.1) is 11.5 Å². The van der Waals surface area contributed by atoms with Gasteiger partial charge in [0.2, 0.25) is 10.0 Å². The van der Waals surface area contributed by atoms with Crippen LogP contribution in [-0.2, 0) is 14.8 Å². The molecule has 0 aliphatic rings. The van der Waals surface area contributed by atoms with Crippen LogP contribution >= 0.6 is 0 Å². The number of sulfonamides is 1. The van der Waals surface area contributed by atoms with Gasteiger partial charge in [-0.2, -0.15) is 4.31 Å². The standard InChI is InChI=1S/C20H26N2O5S/c1-4-22(5-2)28(24,25)17-11-9-10-16(14-17)21-20(23)15-27-19-13-8-7-12-18(19)26-6-3/h7-14H,4-6,15H2,1-3H3,(H,21,23). The van der Waals surface area contributed by atoms with Crippen molar-refractivity contribution in [2.45, 2.75) is 25.7 Å². The summed E-state index contributed by atoms with van der Waals surface area (Å²) in [6.07, 6.45) is 0. The SMILES string of the molecule is CCOc1ccccc1OCC(=O)Nc1cccc(S(=O)(=O)N(CC)CC)c1. The molecule has 152 valence electrons. The predicted molar refractivity (Wildman–Crippen MR) is 108 cm³/mol. The van der Waals surface area contributed by atoms with Gasteiger partial charge >= 0.3 is 0 Å². The van der Waals surface area contributed by atoms with E-state index in [-0.39, 0.29) is 11.5 Å². The van der Waals surface area contributed by atoms with Crippen molar-refractivity contribution in [2.24, 2.45) is 0 Å². The Balaban J connectivity index is 2.05. The van der Waals surface area contributed by atoms with Crippen LogP contribution in [0, 0.1) is 0 Å². The lowest BCUT2D eigenvalue weighted by Gasteiger charge is -2.19. The minimum atomic E-state index is -3.59. The van der Waals surface area contributed by atoms with Crippen molar-refractivity contribution in [3.8, 4) is 11.5 Å². The second-order valence-corrected chi connectivity index (χ2v) is 7.77. The normalized spacial score (nSPS) is 11.3. The summed E-state index contributed by atoms with van der Waals surface area (Å²) >= 11 is 0. The highest BCUT2D eigenvalue weighted by Gasteiger charge is 2.21. The van der Waals surface area contributed by atoms with E-state index in [0.29, 0.717) is 36.9 Å². The van der Waals surface area contributed by atoms with Crippen molar-refractivity contribution in [3.63, 3.8) is 0 Å². The summed E-state index contributed by atoms with van der Waals surface area (Å²) in [6.45, 7) is 6.44. The van der Waals surface area contributed by atoms with Gasteiger partial charge in [0.15, 0.2) is 18.1 Å². The summed E-state index contributed by atoms with van der Waals surface area (Å²) in [7, 11) is -3.59. The van der Waals surface area contributed by atoms with E-state index in [0.717, 1.165) is 0 Å². The van der Waals surface area contributed by atoms with E-state index < -0.39 is 15.9 Å². The second-order valence-electron chi connectivity index (χ2n) is 5.83. The highest BCUT2D eigenvalue weighted by Crippen LogP contribution is 2.26. The molecule has 0 bridgehead atoms. The number of ether oxygens (including phenoxy) is 2. The van der Waals surface area contributed by atoms with Gasteiger partial charge in [0.25, 0.3) is 5.91 Å². The Hall–Kier alpha value is -2.58. The molecule has 0 heterocycles. The summed E-state index contributed by atoms with van der Waals surface area (Å²) in [6, 6.07) is 13.3. The highest BCUT2D eigenvalue weighted by molar-refractivity contribution is 7.89. The van der Waals surface area contributed by atoms with Crippen LogP contribution in [-0.4, -0.2) is 44.9 Å². The van der Waals surface area contributed by atoms with Crippen molar-refractivity contribution < 1.29 is 22.7 Å². The number of carbonyl (C=O) groups is 1. The largest absolute Gasteiger partial charge is 0.490 e. The van der Waals surface area contributed by atoms with E-state index >= 15 is 0 Å². The van der Waals surface area contributed by atoms with Crippen molar-refractivity contribution in [2.75, 3.05) is 31.6 Å². The molecule has 0 fully saturated rings. The molecule has 0 aromatic heterocycles. The quantitative estimate of drug-likeness (QED) is 0.655. The van der Waals surface area contributed by atoms with Crippen LogP contribution in [0.25, 0.3) is 0 Å². The Bertz CT molecular complexity index is 895. The van der Waals surface area contributed by atoms with Crippen molar-refractivity contribution in [1.29, 1.82) is 0 Å². The molecule has 0 saturated heterocycles. The molecule has 1 N–H and O–H groups in total. The van der Waals surface area contributed by atoms with Gasteiger partial charge in [0.1, 0.15) is 0 Å². The Morgan fingerprint density at radius 1 is 0.964 bits per heavy atom. The summed E-state index contributed by atoms with van der Waals surface area (Å²) in [5, 5.41) is 2.66. The predicted octanol–water partition coefficient (Wildman–Crippen LogP) is 3.13. The van der Waals surface area contributed by atoms with E-state index in [1.165, 1.54) is 16.4 Å². The third-order valence-electron chi connectivity index (χ3n) is 3.97. The summed E-state index contributed by atoms with van der Waals surface area (Å²) in [4.78, 5) is 12.4. The fraction of sp³-hybridized carbons (Fsp3) is 0.350. The lowest BCUT2D eigenvalue weighted by Crippen LogP contribution is -2.30. The zero-order chi connectivity index (χ0) is 20.6. The summed E-state index contributed by atoms with van der Waals surface area (Å²) < 4.78 is 37.6. The number of hydrogen-bond donors (Lipinski definition) is 1. The number of benzene rings is 2. The Morgan fingerprint density at radius 2 is 1.61 bits per heavy atom. The van der Waals surface area contributed by atoms with Crippen LogP contribution in [0.3, 0.4) is 0 Å². The molecule has 0 aliphatic heterocycles. The van der Waals surface area contributed by atoms with E-state index in [1.54, 1.807) is 44.2 Å². The minimum Gasteiger partial charge on any atom is -0.490 e. The molecular weight excluding hydrogens is 380 g/mol. The molecule has 0 aliphatic carbocycles. The van der Waals surface area contributed by atoms with E-state index in [9.17, 15) is 13.2 Å². The number of anilines is 1. The highest BCUT2D eigenvalue weighted by atomic mass is 32.2. The number of hydrogen-bond acceptors (Lipinski definition) is 5. The zero-order valence-electron chi connectivity index (χ0n) is 16.3. The van der Waals surface area contributed by atoms with Gasteiger partial charge in [-0.05, 0) is 37.3 Å². The average Bonchev–Trinajstić information content (AvgIpc) is 2.68. The Morgan fingerprint density at radius 3 is 2.21 bits per heavy atom. The van der Waals surface area contributed by atoms with E-state index in [1.807, 2.05) is 13.0 Å². The molecule has 2 aromatic carbocycles. The topological polar surface area (TPSA) is 84.9 Å². The fourth-order valence-corrected chi connectivity index (χ4v) is 4.14. The minimum absolute atomic E-state index is 0.136. The van der Waals surface area contributed by atoms with E-state index in [4.69, 9.17) is 9.47 Å². The maximum Gasteiger partial charge on any atom is 0.262 e. The molecule has 7 nitrogen and oxygen atoms in total. The van der Waals surface area contributed by atoms with Gasteiger partial charge in [0, 0.05) is 18.8 Å². The maximum absolute atomic E-state index is 12.6. The lowest BCUT2D eigenvalue weighted by atomic mass is 10.3. The first kappa shape index (κ1) is 21.7. The van der Waals surface area contributed by atoms with Gasteiger partial charge in [-0.1, -0.05) is 32.0 Å². The van der Waals surface area contributed by atoms with Crippen molar-refractivity contribution in [1.82, 2.24) is 4.31 Å². The van der Waals surface area contributed by atoms with Crippen molar-refractivity contribution in [3.05, 3.63) is 48.5 Å². The van der Waals surface area contributed by atoms with Gasteiger partial charge in [-0.3, -0.25) is 4.79 Å². The monoisotopic (exact) mass is 406 g/mol. The number of rotatable bonds is 10. The number of carbonyl (C=O) groups excluding carboxylic acids is 1. The third-order valence-corrected chi connectivity index (χ3v) is 6.01. The maximum atomic E-state index is 12.6. The average molecular weight is 407 g/mol. The van der Waals surface area contributed by atoms with Crippen LogP contribution in [0.5, 0.6) is 11.5 Å². The fourth-order valence-electron chi connectivity index (χ4n) is 2.63. The molecule has 0 unspecified atom stereocenters. The van der Waals surface area contributed by atoms with Gasteiger partial charge < -0.3 is 14.8 Å². The van der Waals surface area contributed by atoms with Crippen LogP contribution in [0.1, 0.15) is 20.8 Å². The van der Waals surface area contributed by atoms with Crippen LogP contribution < -0.4 is 14.8 Å². The Labute approximate surface area is 166 Å². The number of para-hydroxylation sites is 2. The summed E-state index contributed by atoms with van der Waals surface area (Å²) in [5.74, 6) is 0.631. The van der Waals surface area contributed by atoms with Gasteiger partial charge in [-0.15, -0.1) is 0 Å². The smallest absolute Gasteiger partial charge is 0.262 e. The second kappa shape index (κ2) is 10.1. The molecule has 0 saturated carbocycles. The Kier molecular flexibility index (Phi) is 7.83.